The number of carbonyl (C=O) groups is 2. The first-order valence-corrected chi connectivity index (χ1v) is 16.9. The zero-order valence-electron chi connectivity index (χ0n) is 29.0. The Kier molecular flexibility index (Phi) is 9.72. The summed E-state index contributed by atoms with van der Waals surface area (Å²) >= 11 is 0. The number of benzene rings is 2. The van der Waals surface area contributed by atoms with E-state index in [1.54, 1.807) is 20.8 Å². The van der Waals surface area contributed by atoms with Crippen molar-refractivity contribution in [1.82, 2.24) is 9.80 Å². The van der Waals surface area contributed by atoms with Crippen molar-refractivity contribution < 1.29 is 54.1 Å². The van der Waals surface area contributed by atoms with E-state index >= 15 is 0 Å². The highest BCUT2D eigenvalue weighted by atomic mass is 16.7. The van der Waals surface area contributed by atoms with E-state index in [0.717, 1.165) is 0 Å². The average molecular weight is 685 g/mol. The minimum Gasteiger partial charge on any atom is -0.507 e. The van der Waals surface area contributed by atoms with Crippen molar-refractivity contribution in [3.63, 3.8) is 0 Å². The van der Waals surface area contributed by atoms with Crippen molar-refractivity contribution in [2.24, 2.45) is 0 Å². The van der Waals surface area contributed by atoms with Gasteiger partial charge in [0.25, 0.3) is 0 Å². The SMILES string of the molecule is CC[C@@]1(O)C[C@H](O[C@@H]2C[C@H](N(C)C)[C@H](O)[C@H](C)O2)c2cc3c(c(O)c2[C@@H]1O[C@H]1C[C@@H](N(C)C)[C@H](O)[C@H](C)O1)C(=O)c1cccc(O)c1C3=O. The van der Waals surface area contributed by atoms with Gasteiger partial charge in [0.05, 0.1) is 47.2 Å². The smallest absolute Gasteiger partial charge is 0.198 e. The fraction of sp³-hybridized carbons (Fsp3) is 0.611. The van der Waals surface area contributed by atoms with Gasteiger partial charge in [0, 0.05) is 48.0 Å². The molecule has 2 fully saturated rings. The lowest BCUT2D eigenvalue weighted by atomic mass is 9.71. The normalized spacial score (nSPS) is 36.1. The number of aromatic hydroxyl groups is 2. The number of ketones is 2. The molecule has 0 unspecified atom stereocenters. The maximum absolute atomic E-state index is 13.9. The molecule has 2 aromatic rings. The van der Waals surface area contributed by atoms with Crippen LogP contribution in [0.25, 0.3) is 0 Å². The average Bonchev–Trinajstić information content (AvgIpc) is 3.04. The summed E-state index contributed by atoms with van der Waals surface area (Å²) < 4.78 is 25.3. The number of fused-ring (bicyclic) bond motifs is 3. The lowest BCUT2D eigenvalue weighted by Crippen LogP contribution is -2.55. The minimum absolute atomic E-state index is 0.0329. The number of aliphatic hydroxyl groups excluding tert-OH is 2. The second kappa shape index (κ2) is 13.3. The van der Waals surface area contributed by atoms with Gasteiger partial charge < -0.3 is 54.3 Å². The van der Waals surface area contributed by atoms with Crippen LogP contribution in [0.3, 0.4) is 0 Å². The number of hydrogen-bond acceptors (Lipinski definition) is 13. The van der Waals surface area contributed by atoms with Crippen LogP contribution in [0, 0.1) is 0 Å². The van der Waals surface area contributed by atoms with E-state index in [4.69, 9.17) is 18.9 Å². The van der Waals surface area contributed by atoms with Gasteiger partial charge in [-0.3, -0.25) is 9.59 Å². The molecule has 0 amide bonds. The number of aliphatic hydroxyl groups is 3. The topological polar surface area (TPSA) is 179 Å². The van der Waals surface area contributed by atoms with Crippen LogP contribution in [0.15, 0.2) is 24.3 Å². The number of likely N-dealkylation sites (N-methyl/N-ethyl adjacent to an activating group) is 2. The third-order valence-electron chi connectivity index (χ3n) is 10.9. The fourth-order valence-corrected chi connectivity index (χ4v) is 7.94. The third kappa shape index (κ3) is 6.08. The molecule has 0 bridgehead atoms. The first-order chi connectivity index (χ1) is 23.1. The van der Waals surface area contributed by atoms with Crippen LogP contribution in [0.2, 0.25) is 0 Å². The monoisotopic (exact) mass is 684 g/mol. The van der Waals surface area contributed by atoms with Crippen LogP contribution >= 0.6 is 0 Å². The molecule has 4 aliphatic rings. The molecule has 2 saturated heterocycles. The molecule has 268 valence electrons. The Bertz CT molecular complexity index is 1610. The summed E-state index contributed by atoms with van der Waals surface area (Å²) in [5, 5.41) is 56.7. The first-order valence-electron chi connectivity index (χ1n) is 16.9. The lowest BCUT2D eigenvalue weighted by molar-refractivity contribution is -0.289. The van der Waals surface area contributed by atoms with E-state index in [9.17, 15) is 35.1 Å². The summed E-state index contributed by atoms with van der Waals surface area (Å²) in [6.07, 6.45) is -5.98. The Morgan fingerprint density at radius 1 is 0.857 bits per heavy atom. The molecule has 0 saturated carbocycles. The van der Waals surface area contributed by atoms with Gasteiger partial charge in [-0.1, -0.05) is 19.1 Å². The molecule has 2 aliphatic carbocycles. The fourth-order valence-electron chi connectivity index (χ4n) is 7.94. The van der Waals surface area contributed by atoms with Crippen molar-refractivity contribution in [3.05, 3.63) is 57.6 Å². The van der Waals surface area contributed by atoms with Gasteiger partial charge in [-0.2, -0.15) is 0 Å². The second-order valence-electron chi connectivity index (χ2n) is 14.4. The molecule has 0 radical (unpaired) electrons. The number of rotatable bonds is 7. The van der Waals surface area contributed by atoms with Crippen LogP contribution in [0.4, 0.5) is 0 Å². The zero-order chi connectivity index (χ0) is 35.7. The maximum atomic E-state index is 13.9. The largest absolute Gasteiger partial charge is 0.507 e. The van der Waals surface area contributed by atoms with E-state index < -0.39 is 72.1 Å². The van der Waals surface area contributed by atoms with Crippen molar-refractivity contribution in [2.75, 3.05) is 28.2 Å². The standard InChI is InChI=1S/C36H48N2O11/c1-8-36(45)15-24(48-25-13-21(37(4)5)30(40)16(2)46-25)19-12-20-28(32(42)18-10-9-11-23(39)27(18)33(20)43)34(44)29(19)35(36)49-26-14-22(38(6)7)31(41)17(3)47-26/h9-12,16-17,21-22,24-26,30-31,35,39-41,44-45H,8,13-15H2,1-7H3/t16-,17-,21-,22+,24-,25+,26-,30+,31+,35-,36+/m0/s1. The quantitative estimate of drug-likeness (QED) is 0.245. The van der Waals surface area contributed by atoms with Crippen LogP contribution in [0.1, 0.15) is 102 Å². The second-order valence-corrected chi connectivity index (χ2v) is 14.4. The number of carbonyl (C=O) groups excluding carboxylic acids is 2. The van der Waals surface area contributed by atoms with Crippen molar-refractivity contribution in [1.29, 1.82) is 0 Å². The summed E-state index contributed by atoms with van der Waals surface area (Å²) in [6.45, 7) is 5.25. The Balaban J connectivity index is 1.48. The number of ether oxygens (including phenoxy) is 4. The van der Waals surface area contributed by atoms with Gasteiger partial charge in [0.2, 0.25) is 0 Å². The molecular weight excluding hydrogens is 636 g/mol. The van der Waals surface area contributed by atoms with Crippen LogP contribution in [-0.4, -0.2) is 130 Å². The molecule has 0 spiro atoms. The Hall–Kier alpha value is -2.98. The molecular formula is C36H48N2O11. The highest BCUT2D eigenvalue weighted by Gasteiger charge is 2.52. The van der Waals surface area contributed by atoms with Gasteiger partial charge in [-0.05, 0) is 66.2 Å². The molecule has 13 nitrogen and oxygen atoms in total. The molecule has 2 aromatic carbocycles. The minimum atomic E-state index is -1.65. The van der Waals surface area contributed by atoms with E-state index in [1.807, 2.05) is 38.0 Å². The van der Waals surface area contributed by atoms with Gasteiger partial charge in [0.15, 0.2) is 24.1 Å². The van der Waals surface area contributed by atoms with Crippen molar-refractivity contribution >= 4 is 11.6 Å². The number of phenolic OH excluding ortho intramolecular Hbond substituents is 2. The molecule has 6 rings (SSSR count). The van der Waals surface area contributed by atoms with Crippen molar-refractivity contribution in [3.8, 4) is 11.5 Å². The molecule has 2 aliphatic heterocycles. The molecule has 11 atom stereocenters. The van der Waals surface area contributed by atoms with Gasteiger partial charge >= 0.3 is 0 Å². The summed E-state index contributed by atoms with van der Waals surface area (Å²) in [5.41, 5.74) is -1.83. The highest BCUT2D eigenvalue weighted by Crippen LogP contribution is 2.55. The summed E-state index contributed by atoms with van der Waals surface area (Å²) in [5.74, 6) is -2.18. The van der Waals surface area contributed by atoms with Crippen LogP contribution in [-0.2, 0) is 18.9 Å². The van der Waals surface area contributed by atoms with Crippen molar-refractivity contribution in [2.45, 2.75) is 113 Å². The summed E-state index contributed by atoms with van der Waals surface area (Å²) in [4.78, 5) is 31.6. The number of phenols is 2. The van der Waals surface area contributed by atoms with Crippen LogP contribution < -0.4 is 0 Å². The van der Waals surface area contributed by atoms with Gasteiger partial charge in [-0.25, -0.2) is 0 Å². The predicted octanol–water partition coefficient (Wildman–Crippen LogP) is 2.39. The molecule has 5 N–H and O–H groups in total. The Morgan fingerprint density at radius 3 is 1.96 bits per heavy atom. The highest BCUT2D eigenvalue weighted by molar-refractivity contribution is 6.30. The van der Waals surface area contributed by atoms with E-state index in [2.05, 4.69) is 0 Å². The van der Waals surface area contributed by atoms with E-state index in [0.29, 0.717) is 12.0 Å². The molecule has 49 heavy (non-hydrogen) atoms. The van der Waals surface area contributed by atoms with Crippen LogP contribution in [0.5, 0.6) is 11.5 Å². The van der Waals surface area contributed by atoms with Gasteiger partial charge in [-0.15, -0.1) is 0 Å². The first kappa shape index (κ1) is 35.8. The predicted molar refractivity (Wildman–Crippen MR) is 175 cm³/mol. The molecule has 0 aromatic heterocycles. The summed E-state index contributed by atoms with van der Waals surface area (Å²) in [7, 11) is 7.39. The Morgan fingerprint density at radius 2 is 1.41 bits per heavy atom. The zero-order valence-corrected chi connectivity index (χ0v) is 29.0. The number of nitrogens with zero attached hydrogens (tertiary/aromatic N) is 2. The summed E-state index contributed by atoms with van der Waals surface area (Å²) in [6, 6.07) is 5.06. The molecule has 13 heteroatoms. The Labute approximate surface area is 285 Å². The molecule has 2 heterocycles. The third-order valence-corrected chi connectivity index (χ3v) is 10.9. The lowest BCUT2D eigenvalue weighted by Gasteiger charge is -2.48. The van der Waals surface area contributed by atoms with E-state index in [-0.39, 0.29) is 64.9 Å². The van der Waals surface area contributed by atoms with Gasteiger partial charge in [0.1, 0.15) is 17.6 Å². The maximum Gasteiger partial charge on any atom is 0.198 e. The van der Waals surface area contributed by atoms with E-state index in [1.165, 1.54) is 24.3 Å². The number of hydrogen-bond donors (Lipinski definition) is 5.